The molecule has 5 nitrogen and oxygen atoms in total. The standard InChI is InChI=1S/C15H23F3N4O/c1-3-21-6-8-22(9-7-21)12(2)10-19-14-5-4-13(11-20-14)23-15(16,17)18/h4-5,11-12H,3,6-10H2,1-2H3,(H,19,20). The molecule has 0 bridgehead atoms. The summed E-state index contributed by atoms with van der Waals surface area (Å²) in [5, 5.41) is 3.15. The van der Waals surface area contributed by atoms with Gasteiger partial charge in [0.1, 0.15) is 11.6 Å². The van der Waals surface area contributed by atoms with E-state index in [2.05, 4.69) is 38.7 Å². The molecule has 0 aromatic carbocycles. The van der Waals surface area contributed by atoms with Crippen molar-refractivity contribution in [1.29, 1.82) is 0 Å². The molecule has 1 aromatic rings. The minimum Gasteiger partial charge on any atom is -0.404 e. The van der Waals surface area contributed by atoms with Crippen LogP contribution >= 0.6 is 0 Å². The third-order valence-electron chi connectivity index (χ3n) is 4.03. The van der Waals surface area contributed by atoms with Crippen molar-refractivity contribution in [3.05, 3.63) is 18.3 Å². The van der Waals surface area contributed by atoms with Crippen LogP contribution in [-0.2, 0) is 0 Å². The Hall–Kier alpha value is -1.54. The molecule has 0 aliphatic carbocycles. The van der Waals surface area contributed by atoms with Gasteiger partial charge in [0.15, 0.2) is 0 Å². The van der Waals surface area contributed by atoms with Crippen molar-refractivity contribution in [3.8, 4) is 5.75 Å². The summed E-state index contributed by atoms with van der Waals surface area (Å²) in [4.78, 5) is 8.76. The lowest BCUT2D eigenvalue weighted by Crippen LogP contribution is -2.51. The summed E-state index contributed by atoms with van der Waals surface area (Å²) in [7, 11) is 0. The van der Waals surface area contributed by atoms with Gasteiger partial charge in [-0.25, -0.2) is 4.98 Å². The predicted octanol–water partition coefficient (Wildman–Crippen LogP) is 2.42. The molecule has 1 aliphatic rings. The van der Waals surface area contributed by atoms with Crippen LogP contribution in [0.4, 0.5) is 19.0 Å². The van der Waals surface area contributed by atoms with Gasteiger partial charge in [-0.2, -0.15) is 0 Å². The van der Waals surface area contributed by atoms with Gasteiger partial charge in [-0.3, -0.25) is 4.90 Å². The van der Waals surface area contributed by atoms with Crippen LogP contribution in [0.25, 0.3) is 0 Å². The number of piperazine rings is 1. The fourth-order valence-electron chi connectivity index (χ4n) is 2.58. The first kappa shape index (κ1) is 17.8. The van der Waals surface area contributed by atoms with E-state index in [1.165, 1.54) is 12.1 Å². The number of pyridine rings is 1. The van der Waals surface area contributed by atoms with E-state index in [4.69, 9.17) is 0 Å². The first-order chi connectivity index (χ1) is 10.9. The Morgan fingerprint density at radius 1 is 1.26 bits per heavy atom. The summed E-state index contributed by atoms with van der Waals surface area (Å²) in [5.41, 5.74) is 0. The van der Waals surface area contributed by atoms with E-state index in [0.717, 1.165) is 38.9 Å². The number of alkyl halides is 3. The van der Waals surface area contributed by atoms with Crippen LogP contribution in [0, 0.1) is 0 Å². The summed E-state index contributed by atoms with van der Waals surface area (Å²) < 4.78 is 40.0. The largest absolute Gasteiger partial charge is 0.573 e. The maximum absolute atomic E-state index is 12.1. The molecule has 1 saturated heterocycles. The molecule has 2 rings (SSSR count). The van der Waals surface area contributed by atoms with Crippen LogP contribution in [0.1, 0.15) is 13.8 Å². The van der Waals surface area contributed by atoms with Crippen molar-refractivity contribution in [3.63, 3.8) is 0 Å². The first-order valence-corrected chi connectivity index (χ1v) is 7.79. The molecule has 0 saturated carbocycles. The number of anilines is 1. The molecule has 1 unspecified atom stereocenters. The quantitative estimate of drug-likeness (QED) is 0.866. The molecule has 1 N–H and O–H groups in total. The average Bonchev–Trinajstić information content (AvgIpc) is 2.52. The summed E-state index contributed by atoms with van der Waals surface area (Å²) in [6.45, 7) is 10.3. The number of nitrogens with one attached hydrogen (secondary N) is 1. The fourth-order valence-corrected chi connectivity index (χ4v) is 2.58. The Morgan fingerprint density at radius 3 is 2.48 bits per heavy atom. The van der Waals surface area contributed by atoms with Gasteiger partial charge in [0.2, 0.25) is 0 Å². The number of likely N-dealkylation sites (N-methyl/N-ethyl adjacent to an activating group) is 1. The second-order valence-electron chi connectivity index (χ2n) is 5.63. The lowest BCUT2D eigenvalue weighted by atomic mass is 10.2. The second-order valence-corrected chi connectivity index (χ2v) is 5.63. The molecule has 1 fully saturated rings. The Kier molecular flexibility index (Phi) is 6.06. The van der Waals surface area contributed by atoms with Crippen molar-refractivity contribution >= 4 is 5.82 Å². The zero-order valence-electron chi connectivity index (χ0n) is 13.4. The minimum atomic E-state index is -4.69. The van der Waals surface area contributed by atoms with Crippen molar-refractivity contribution in [2.24, 2.45) is 0 Å². The second kappa shape index (κ2) is 7.83. The zero-order chi connectivity index (χ0) is 16.9. The normalized spacial score (nSPS) is 18.7. The highest BCUT2D eigenvalue weighted by molar-refractivity contribution is 5.37. The Balaban J connectivity index is 1.77. The van der Waals surface area contributed by atoms with Gasteiger partial charge >= 0.3 is 6.36 Å². The third-order valence-corrected chi connectivity index (χ3v) is 4.03. The predicted molar refractivity (Wildman–Crippen MR) is 82.6 cm³/mol. The van der Waals surface area contributed by atoms with E-state index < -0.39 is 6.36 Å². The zero-order valence-corrected chi connectivity index (χ0v) is 13.4. The fraction of sp³-hybridized carbons (Fsp3) is 0.667. The van der Waals surface area contributed by atoms with Crippen molar-refractivity contribution in [2.45, 2.75) is 26.3 Å². The highest BCUT2D eigenvalue weighted by atomic mass is 19.4. The van der Waals surface area contributed by atoms with Gasteiger partial charge in [0, 0.05) is 38.8 Å². The minimum absolute atomic E-state index is 0.313. The lowest BCUT2D eigenvalue weighted by Gasteiger charge is -2.37. The molecule has 2 heterocycles. The molecule has 1 aromatic heterocycles. The topological polar surface area (TPSA) is 40.6 Å². The van der Waals surface area contributed by atoms with Gasteiger partial charge in [0.05, 0.1) is 6.20 Å². The summed E-state index contributed by atoms with van der Waals surface area (Å²) in [6.07, 6.45) is -3.62. The van der Waals surface area contributed by atoms with Gasteiger partial charge < -0.3 is 15.0 Å². The van der Waals surface area contributed by atoms with E-state index in [1.54, 1.807) is 0 Å². The number of hydrogen-bond acceptors (Lipinski definition) is 5. The van der Waals surface area contributed by atoms with E-state index in [1.807, 2.05) is 0 Å². The van der Waals surface area contributed by atoms with Crippen molar-refractivity contribution < 1.29 is 17.9 Å². The van der Waals surface area contributed by atoms with Gasteiger partial charge in [-0.15, -0.1) is 13.2 Å². The number of rotatable bonds is 6. The molecular formula is C15H23F3N4O. The highest BCUT2D eigenvalue weighted by Crippen LogP contribution is 2.22. The molecule has 8 heteroatoms. The van der Waals surface area contributed by atoms with Crippen LogP contribution in [0.3, 0.4) is 0 Å². The monoisotopic (exact) mass is 332 g/mol. The Morgan fingerprint density at radius 2 is 1.96 bits per heavy atom. The van der Waals surface area contributed by atoms with E-state index >= 15 is 0 Å². The molecule has 1 aliphatic heterocycles. The summed E-state index contributed by atoms with van der Waals surface area (Å²) >= 11 is 0. The van der Waals surface area contributed by atoms with E-state index in [-0.39, 0.29) is 5.75 Å². The number of aromatic nitrogens is 1. The molecule has 1 atom stereocenters. The number of halogens is 3. The molecule has 23 heavy (non-hydrogen) atoms. The van der Waals surface area contributed by atoms with Crippen LogP contribution in [0.5, 0.6) is 5.75 Å². The average molecular weight is 332 g/mol. The van der Waals surface area contributed by atoms with Crippen LogP contribution in [0.2, 0.25) is 0 Å². The third kappa shape index (κ3) is 5.87. The SMILES string of the molecule is CCN1CCN(C(C)CNc2ccc(OC(F)(F)F)cn2)CC1. The summed E-state index contributed by atoms with van der Waals surface area (Å²) in [6, 6.07) is 3.08. The van der Waals surface area contributed by atoms with Crippen molar-refractivity contribution in [2.75, 3.05) is 44.6 Å². The van der Waals surface area contributed by atoms with Crippen LogP contribution in [0.15, 0.2) is 18.3 Å². The van der Waals surface area contributed by atoms with E-state index in [9.17, 15) is 13.2 Å². The Bertz CT molecular complexity index is 473. The first-order valence-electron chi connectivity index (χ1n) is 7.79. The highest BCUT2D eigenvalue weighted by Gasteiger charge is 2.31. The smallest absolute Gasteiger partial charge is 0.404 e. The van der Waals surface area contributed by atoms with Crippen LogP contribution in [-0.4, -0.2) is 66.5 Å². The molecule has 0 radical (unpaired) electrons. The summed E-state index contributed by atoms with van der Waals surface area (Å²) in [5.74, 6) is 0.227. The maximum atomic E-state index is 12.1. The molecular weight excluding hydrogens is 309 g/mol. The molecule has 0 amide bonds. The van der Waals surface area contributed by atoms with Crippen molar-refractivity contribution in [1.82, 2.24) is 14.8 Å². The molecule has 0 spiro atoms. The lowest BCUT2D eigenvalue weighted by molar-refractivity contribution is -0.274. The van der Waals surface area contributed by atoms with Gasteiger partial charge in [0.25, 0.3) is 0 Å². The Labute approximate surface area is 134 Å². The van der Waals surface area contributed by atoms with Crippen LogP contribution < -0.4 is 10.1 Å². The molecule has 130 valence electrons. The number of hydrogen-bond donors (Lipinski definition) is 1. The number of ether oxygens (including phenoxy) is 1. The van der Waals surface area contributed by atoms with E-state index in [0.29, 0.717) is 18.4 Å². The maximum Gasteiger partial charge on any atom is 0.573 e. The number of nitrogens with zero attached hydrogens (tertiary/aromatic N) is 3. The van der Waals surface area contributed by atoms with Gasteiger partial charge in [-0.05, 0) is 25.6 Å². The van der Waals surface area contributed by atoms with Gasteiger partial charge in [-0.1, -0.05) is 6.92 Å².